The number of nitrogens with one attached hydrogen (secondary N) is 1. The monoisotopic (exact) mass is 397 g/mol. The third kappa shape index (κ3) is 6.46. The Balaban J connectivity index is 1.56. The highest BCUT2D eigenvalue weighted by Gasteiger charge is 2.23. The fourth-order valence-corrected chi connectivity index (χ4v) is 3.31. The van der Waals surface area contributed by atoms with Crippen LogP contribution in [0.2, 0.25) is 0 Å². The molecular formula is C24H25F2NO2. The Bertz CT molecular complexity index is 843. The van der Waals surface area contributed by atoms with E-state index in [4.69, 9.17) is 4.74 Å². The van der Waals surface area contributed by atoms with Crippen molar-refractivity contribution in [2.75, 3.05) is 19.7 Å². The van der Waals surface area contributed by atoms with Crippen LogP contribution in [0.4, 0.5) is 8.78 Å². The normalized spacial score (nSPS) is 12.3. The standard InChI is InChI=1S/C24H25F2NO2/c25-21-10-4-8-19(14-21)24(20-9-5-11-22(26)15-20)23(28)16-27-12-13-29-17-18-6-2-1-3-7-18/h1-11,14-15,23-24,27-28H,12-13,16-17H2. The van der Waals surface area contributed by atoms with Gasteiger partial charge in [-0.25, -0.2) is 8.78 Å². The van der Waals surface area contributed by atoms with Crippen LogP contribution in [0.5, 0.6) is 0 Å². The van der Waals surface area contributed by atoms with E-state index in [0.717, 1.165) is 5.56 Å². The summed E-state index contributed by atoms with van der Waals surface area (Å²) in [5, 5.41) is 13.9. The average Bonchev–Trinajstić information content (AvgIpc) is 2.72. The zero-order valence-corrected chi connectivity index (χ0v) is 16.1. The first-order valence-corrected chi connectivity index (χ1v) is 9.65. The third-order valence-corrected chi connectivity index (χ3v) is 4.69. The lowest BCUT2D eigenvalue weighted by Gasteiger charge is -2.24. The molecule has 0 aromatic heterocycles. The van der Waals surface area contributed by atoms with Gasteiger partial charge >= 0.3 is 0 Å². The number of aliphatic hydroxyl groups is 1. The maximum Gasteiger partial charge on any atom is 0.123 e. The maximum absolute atomic E-state index is 13.7. The van der Waals surface area contributed by atoms with E-state index in [2.05, 4.69) is 5.32 Å². The molecule has 0 radical (unpaired) electrons. The number of ether oxygens (including phenoxy) is 1. The van der Waals surface area contributed by atoms with Crippen LogP contribution >= 0.6 is 0 Å². The lowest BCUT2D eigenvalue weighted by Crippen LogP contribution is -2.34. The second-order valence-electron chi connectivity index (χ2n) is 6.90. The van der Waals surface area contributed by atoms with Crippen molar-refractivity contribution in [3.05, 3.63) is 107 Å². The van der Waals surface area contributed by atoms with Crippen molar-refractivity contribution in [3.63, 3.8) is 0 Å². The van der Waals surface area contributed by atoms with E-state index in [1.807, 2.05) is 30.3 Å². The van der Waals surface area contributed by atoms with Gasteiger partial charge in [-0.15, -0.1) is 0 Å². The van der Waals surface area contributed by atoms with E-state index >= 15 is 0 Å². The van der Waals surface area contributed by atoms with Crippen molar-refractivity contribution < 1.29 is 18.6 Å². The van der Waals surface area contributed by atoms with Crippen LogP contribution < -0.4 is 5.32 Å². The van der Waals surface area contributed by atoms with Gasteiger partial charge in [-0.1, -0.05) is 54.6 Å². The summed E-state index contributed by atoms with van der Waals surface area (Å²) >= 11 is 0. The third-order valence-electron chi connectivity index (χ3n) is 4.69. The Labute approximate surface area is 170 Å². The molecule has 0 bridgehead atoms. The van der Waals surface area contributed by atoms with Crippen molar-refractivity contribution in [2.24, 2.45) is 0 Å². The van der Waals surface area contributed by atoms with Crippen molar-refractivity contribution in [1.29, 1.82) is 0 Å². The van der Waals surface area contributed by atoms with Gasteiger partial charge in [0.25, 0.3) is 0 Å². The van der Waals surface area contributed by atoms with E-state index in [1.165, 1.54) is 24.3 Å². The minimum atomic E-state index is -0.854. The molecular weight excluding hydrogens is 372 g/mol. The van der Waals surface area contributed by atoms with Crippen molar-refractivity contribution in [3.8, 4) is 0 Å². The van der Waals surface area contributed by atoms with Gasteiger partial charge in [-0.3, -0.25) is 0 Å². The second-order valence-corrected chi connectivity index (χ2v) is 6.90. The molecule has 0 aliphatic carbocycles. The Morgan fingerprint density at radius 1 is 0.828 bits per heavy atom. The average molecular weight is 397 g/mol. The Morgan fingerprint density at radius 3 is 2.03 bits per heavy atom. The summed E-state index contributed by atoms with van der Waals surface area (Å²) < 4.78 is 33.1. The summed E-state index contributed by atoms with van der Waals surface area (Å²) in [5.74, 6) is -1.32. The molecule has 0 aliphatic rings. The van der Waals surface area contributed by atoms with Gasteiger partial charge in [0.1, 0.15) is 11.6 Å². The van der Waals surface area contributed by atoms with Gasteiger partial charge in [0.05, 0.1) is 19.3 Å². The number of rotatable bonds is 10. The van der Waals surface area contributed by atoms with Gasteiger partial charge < -0.3 is 15.2 Å². The van der Waals surface area contributed by atoms with Crippen LogP contribution in [0.1, 0.15) is 22.6 Å². The summed E-state index contributed by atoms with van der Waals surface area (Å²) in [5.41, 5.74) is 2.31. The minimum Gasteiger partial charge on any atom is -0.391 e. The van der Waals surface area contributed by atoms with E-state index in [-0.39, 0.29) is 6.54 Å². The van der Waals surface area contributed by atoms with E-state index < -0.39 is 23.7 Å². The van der Waals surface area contributed by atoms with Gasteiger partial charge in [0.2, 0.25) is 0 Å². The quantitative estimate of drug-likeness (QED) is 0.502. The minimum absolute atomic E-state index is 0.270. The predicted molar refractivity (Wildman–Crippen MR) is 110 cm³/mol. The summed E-state index contributed by atoms with van der Waals surface area (Å²) in [4.78, 5) is 0. The molecule has 0 spiro atoms. The van der Waals surface area contributed by atoms with Crippen LogP contribution in [0.25, 0.3) is 0 Å². The number of halogens is 2. The number of aliphatic hydroxyl groups excluding tert-OH is 1. The highest BCUT2D eigenvalue weighted by atomic mass is 19.1. The van der Waals surface area contributed by atoms with Crippen LogP contribution in [0, 0.1) is 11.6 Å². The SMILES string of the molecule is OC(CNCCOCc1ccccc1)C(c1cccc(F)c1)c1cccc(F)c1. The molecule has 3 aromatic rings. The lowest BCUT2D eigenvalue weighted by molar-refractivity contribution is 0.113. The van der Waals surface area contributed by atoms with E-state index in [9.17, 15) is 13.9 Å². The molecule has 2 N–H and O–H groups in total. The predicted octanol–water partition coefficient (Wildman–Crippen LogP) is 4.26. The summed E-state index contributed by atoms with van der Waals surface area (Å²) in [6.07, 6.45) is -0.854. The van der Waals surface area contributed by atoms with E-state index in [1.54, 1.807) is 24.3 Å². The molecule has 0 saturated carbocycles. The van der Waals surface area contributed by atoms with Crippen molar-refractivity contribution >= 4 is 0 Å². The lowest BCUT2D eigenvalue weighted by atomic mass is 9.86. The zero-order valence-electron chi connectivity index (χ0n) is 16.1. The molecule has 1 unspecified atom stereocenters. The van der Waals surface area contributed by atoms with Gasteiger partial charge in [-0.05, 0) is 41.0 Å². The van der Waals surface area contributed by atoms with Crippen molar-refractivity contribution in [2.45, 2.75) is 18.6 Å². The highest BCUT2D eigenvalue weighted by Crippen LogP contribution is 2.29. The van der Waals surface area contributed by atoms with Crippen molar-refractivity contribution in [1.82, 2.24) is 5.32 Å². The summed E-state index contributed by atoms with van der Waals surface area (Å²) in [6.45, 7) is 1.85. The van der Waals surface area contributed by atoms with E-state index in [0.29, 0.717) is 30.9 Å². The van der Waals surface area contributed by atoms with Gasteiger partial charge in [-0.2, -0.15) is 0 Å². The molecule has 3 nitrogen and oxygen atoms in total. The first-order chi connectivity index (χ1) is 14.1. The first kappa shape index (κ1) is 21.1. The molecule has 5 heteroatoms. The number of hydrogen-bond acceptors (Lipinski definition) is 3. The van der Waals surface area contributed by atoms with Gasteiger partial charge in [0.15, 0.2) is 0 Å². The molecule has 152 valence electrons. The molecule has 0 saturated heterocycles. The first-order valence-electron chi connectivity index (χ1n) is 9.65. The number of hydrogen-bond donors (Lipinski definition) is 2. The van der Waals surface area contributed by atoms with Crippen LogP contribution in [-0.2, 0) is 11.3 Å². The molecule has 29 heavy (non-hydrogen) atoms. The smallest absolute Gasteiger partial charge is 0.123 e. The molecule has 0 fully saturated rings. The Morgan fingerprint density at radius 2 is 1.45 bits per heavy atom. The van der Waals surface area contributed by atoms with Crippen LogP contribution in [0.15, 0.2) is 78.9 Å². The second kappa shape index (κ2) is 10.8. The molecule has 0 aliphatic heterocycles. The molecule has 1 atom stereocenters. The largest absolute Gasteiger partial charge is 0.391 e. The van der Waals surface area contributed by atoms with Crippen LogP contribution in [0.3, 0.4) is 0 Å². The summed E-state index contributed by atoms with van der Waals surface area (Å²) in [7, 11) is 0. The maximum atomic E-state index is 13.7. The molecule has 3 aromatic carbocycles. The fraction of sp³-hybridized carbons (Fsp3) is 0.250. The topological polar surface area (TPSA) is 41.5 Å². The Hall–Kier alpha value is -2.60. The summed E-state index contributed by atoms with van der Waals surface area (Å²) in [6, 6.07) is 22.0. The molecule has 3 rings (SSSR count). The molecule has 0 amide bonds. The molecule has 0 heterocycles. The van der Waals surface area contributed by atoms with Gasteiger partial charge in [0, 0.05) is 19.0 Å². The highest BCUT2D eigenvalue weighted by molar-refractivity contribution is 5.34. The number of benzene rings is 3. The Kier molecular flexibility index (Phi) is 7.87. The fourth-order valence-electron chi connectivity index (χ4n) is 3.31. The zero-order chi connectivity index (χ0) is 20.5. The van der Waals surface area contributed by atoms with Crippen LogP contribution in [-0.4, -0.2) is 30.9 Å².